The van der Waals surface area contributed by atoms with Crippen LogP contribution < -0.4 is 9.47 Å². The number of unbranched alkanes of at least 4 members (excludes halogenated alkanes) is 6. The second-order valence-electron chi connectivity index (χ2n) is 11.6. The van der Waals surface area contributed by atoms with Crippen molar-refractivity contribution in [1.82, 2.24) is 0 Å². The van der Waals surface area contributed by atoms with E-state index in [2.05, 4.69) is 62.4 Å². The van der Waals surface area contributed by atoms with E-state index in [1.165, 1.54) is 122 Å². The van der Waals surface area contributed by atoms with Gasteiger partial charge in [0, 0.05) is 0 Å². The molecule has 2 aliphatic carbocycles. The van der Waals surface area contributed by atoms with Gasteiger partial charge < -0.3 is 9.47 Å². The molecule has 0 atom stereocenters. The van der Waals surface area contributed by atoms with Crippen LogP contribution in [-0.2, 0) is 38.5 Å². The molecule has 0 aliphatic heterocycles. The van der Waals surface area contributed by atoms with E-state index in [-0.39, 0.29) is 0 Å². The van der Waals surface area contributed by atoms with Crippen molar-refractivity contribution in [2.24, 2.45) is 0 Å². The Balaban J connectivity index is 0.916. The van der Waals surface area contributed by atoms with Crippen molar-refractivity contribution in [1.29, 1.82) is 0 Å². The summed E-state index contributed by atoms with van der Waals surface area (Å²) in [6, 6.07) is 18.1. The molecule has 0 heterocycles. The molecule has 0 unspecified atom stereocenters. The molecule has 0 N–H and O–H groups in total. The van der Waals surface area contributed by atoms with Crippen LogP contribution in [0.2, 0.25) is 0 Å². The summed E-state index contributed by atoms with van der Waals surface area (Å²) in [6.45, 7) is 6.28. The van der Waals surface area contributed by atoms with Crippen LogP contribution in [-0.4, -0.2) is 13.2 Å². The third kappa shape index (κ3) is 7.22. The highest BCUT2D eigenvalue weighted by molar-refractivity contribution is 5.42. The molecule has 0 bridgehead atoms. The Morgan fingerprint density at radius 2 is 0.895 bits per heavy atom. The minimum absolute atomic E-state index is 0.841. The molecule has 38 heavy (non-hydrogen) atoms. The Morgan fingerprint density at radius 1 is 0.474 bits per heavy atom. The van der Waals surface area contributed by atoms with Crippen LogP contribution in [0.25, 0.3) is 0 Å². The minimum atomic E-state index is 0.841. The van der Waals surface area contributed by atoms with Gasteiger partial charge in [-0.25, -0.2) is 0 Å². The third-order valence-corrected chi connectivity index (χ3v) is 8.70. The number of aryl methyl sites for hydroxylation is 8. The molecule has 0 amide bonds. The topological polar surface area (TPSA) is 18.5 Å². The Morgan fingerprint density at radius 3 is 1.29 bits per heavy atom. The molecule has 5 rings (SSSR count). The third-order valence-electron chi connectivity index (χ3n) is 8.70. The molecule has 0 saturated heterocycles. The summed E-state index contributed by atoms with van der Waals surface area (Å²) in [5, 5.41) is 0. The Kier molecular flexibility index (Phi) is 9.44. The summed E-state index contributed by atoms with van der Waals surface area (Å²) < 4.78 is 11.9. The first-order valence-electron chi connectivity index (χ1n) is 15.2. The van der Waals surface area contributed by atoms with Crippen molar-refractivity contribution in [3.05, 3.63) is 93.0 Å². The Hall–Kier alpha value is -2.74. The van der Waals surface area contributed by atoms with Crippen molar-refractivity contribution in [3.63, 3.8) is 0 Å². The van der Waals surface area contributed by atoms with Gasteiger partial charge >= 0.3 is 0 Å². The van der Waals surface area contributed by atoms with Crippen LogP contribution in [0, 0.1) is 13.8 Å². The maximum atomic E-state index is 5.97. The van der Waals surface area contributed by atoms with E-state index < -0.39 is 0 Å². The predicted octanol–water partition coefficient (Wildman–Crippen LogP) is 8.86. The quantitative estimate of drug-likeness (QED) is 0.179. The summed E-state index contributed by atoms with van der Waals surface area (Å²) >= 11 is 0. The molecule has 202 valence electrons. The number of hydrogen-bond acceptors (Lipinski definition) is 2. The summed E-state index contributed by atoms with van der Waals surface area (Å²) in [5.74, 6) is 2.11. The van der Waals surface area contributed by atoms with Gasteiger partial charge in [-0.15, -0.1) is 0 Å². The number of rotatable bonds is 16. The SMILES string of the molecule is Cc1cc(CCCCCCOc2ccc3c(c2)CC3)c(C)cc1CCCCCCOc1ccc2c(c1)CC2. The summed E-state index contributed by atoms with van der Waals surface area (Å²) in [7, 11) is 0. The van der Waals surface area contributed by atoms with E-state index >= 15 is 0 Å². The van der Waals surface area contributed by atoms with Gasteiger partial charge in [-0.05, 0) is 147 Å². The molecule has 3 aromatic carbocycles. The molecule has 2 nitrogen and oxygen atoms in total. The highest BCUT2D eigenvalue weighted by Crippen LogP contribution is 2.28. The zero-order valence-corrected chi connectivity index (χ0v) is 23.7. The molecular formula is C36H46O2. The van der Waals surface area contributed by atoms with Crippen molar-refractivity contribution in [2.75, 3.05) is 13.2 Å². The number of benzene rings is 3. The van der Waals surface area contributed by atoms with E-state index in [0.717, 1.165) is 37.6 Å². The maximum Gasteiger partial charge on any atom is 0.119 e. The molecule has 0 fully saturated rings. The molecule has 0 aromatic heterocycles. The zero-order chi connectivity index (χ0) is 26.2. The van der Waals surface area contributed by atoms with Crippen molar-refractivity contribution in [3.8, 4) is 11.5 Å². The molecule has 2 heteroatoms. The number of hydrogen-bond donors (Lipinski definition) is 0. The largest absolute Gasteiger partial charge is 0.494 e. The van der Waals surface area contributed by atoms with Crippen LogP contribution in [0.1, 0.15) is 95.9 Å². The van der Waals surface area contributed by atoms with Crippen LogP contribution in [0.3, 0.4) is 0 Å². The normalized spacial score (nSPS) is 13.3. The predicted molar refractivity (Wildman–Crippen MR) is 159 cm³/mol. The summed E-state index contributed by atoms with van der Waals surface area (Å²) in [6.07, 6.45) is 17.2. The van der Waals surface area contributed by atoms with Gasteiger partial charge in [0.1, 0.15) is 11.5 Å². The number of ether oxygens (including phenoxy) is 2. The van der Waals surface area contributed by atoms with E-state index in [9.17, 15) is 0 Å². The van der Waals surface area contributed by atoms with E-state index in [0.29, 0.717) is 0 Å². The molecule has 0 spiro atoms. The smallest absolute Gasteiger partial charge is 0.119 e. The van der Waals surface area contributed by atoms with Crippen LogP contribution in [0.4, 0.5) is 0 Å². The number of fused-ring (bicyclic) bond motifs is 2. The standard InChI is InChI=1S/C36H46O2/c1-27-23-32(12-8-4-6-10-22-38-36-20-18-30-14-16-34(30)26-36)28(2)24-31(27)11-7-3-5-9-21-37-35-19-17-29-13-15-33(29)25-35/h17-20,23-26H,3-16,21-22H2,1-2H3. The Bertz CT molecular complexity index is 1110. The van der Waals surface area contributed by atoms with Gasteiger partial charge in [0.15, 0.2) is 0 Å². The monoisotopic (exact) mass is 510 g/mol. The lowest BCUT2D eigenvalue weighted by atomic mass is 9.89. The second-order valence-corrected chi connectivity index (χ2v) is 11.6. The average Bonchev–Trinajstić information content (AvgIpc) is 2.88. The first kappa shape index (κ1) is 26.9. The molecule has 0 radical (unpaired) electrons. The van der Waals surface area contributed by atoms with Crippen LogP contribution >= 0.6 is 0 Å². The van der Waals surface area contributed by atoms with E-state index in [1.807, 2.05) is 0 Å². The lowest BCUT2D eigenvalue weighted by Crippen LogP contribution is -2.08. The zero-order valence-electron chi connectivity index (χ0n) is 23.7. The maximum absolute atomic E-state index is 5.97. The molecule has 2 aliphatic rings. The Labute approximate surface area is 230 Å². The highest BCUT2D eigenvalue weighted by atomic mass is 16.5. The first-order chi connectivity index (χ1) is 18.7. The molecule has 3 aromatic rings. The molecule has 0 saturated carbocycles. The van der Waals surface area contributed by atoms with Crippen LogP contribution in [0.15, 0.2) is 48.5 Å². The van der Waals surface area contributed by atoms with Gasteiger partial charge in [0.25, 0.3) is 0 Å². The lowest BCUT2D eigenvalue weighted by Gasteiger charge is -2.19. The van der Waals surface area contributed by atoms with E-state index in [1.54, 1.807) is 0 Å². The van der Waals surface area contributed by atoms with Gasteiger partial charge in [-0.3, -0.25) is 0 Å². The van der Waals surface area contributed by atoms with E-state index in [4.69, 9.17) is 9.47 Å². The second kappa shape index (κ2) is 13.4. The fourth-order valence-corrected chi connectivity index (χ4v) is 5.92. The van der Waals surface area contributed by atoms with Gasteiger partial charge in [0.05, 0.1) is 13.2 Å². The lowest BCUT2D eigenvalue weighted by molar-refractivity contribution is 0.304. The van der Waals surface area contributed by atoms with Crippen molar-refractivity contribution >= 4 is 0 Å². The molecular weight excluding hydrogens is 464 g/mol. The first-order valence-corrected chi connectivity index (χ1v) is 15.2. The van der Waals surface area contributed by atoms with Gasteiger partial charge in [-0.1, -0.05) is 49.9 Å². The fraction of sp³-hybridized carbons (Fsp3) is 0.500. The van der Waals surface area contributed by atoms with Crippen molar-refractivity contribution in [2.45, 2.75) is 104 Å². The summed E-state index contributed by atoms with van der Waals surface area (Å²) in [5.41, 5.74) is 12.0. The van der Waals surface area contributed by atoms with Crippen molar-refractivity contribution < 1.29 is 9.47 Å². The van der Waals surface area contributed by atoms with Gasteiger partial charge in [-0.2, -0.15) is 0 Å². The van der Waals surface area contributed by atoms with Crippen LogP contribution in [0.5, 0.6) is 11.5 Å². The average molecular weight is 511 g/mol. The summed E-state index contributed by atoms with van der Waals surface area (Å²) in [4.78, 5) is 0. The highest BCUT2D eigenvalue weighted by Gasteiger charge is 2.14. The minimum Gasteiger partial charge on any atom is -0.494 e. The fourth-order valence-electron chi connectivity index (χ4n) is 5.92. The van der Waals surface area contributed by atoms with Gasteiger partial charge in [0.2, 0.25) is 0 Å².